The minimum Gasteiger partial charge on any atom is -0.372 e. The minimum atomic E-state index is -3.53. The maximum Gasteiger partial charge on any atom is 0.246 e. The number of nitrogens with two attached hydrogens (primary N) is 1. The van der Waals surface area contributed by atoms with Crippen molar-refractivity contribution in [3.63, 3.8) is 0 Å². The first kappa shape index (κ1) is 11.8. The van der Waals surface area contributed by atoms with Gasteiger partial charge < -0.3 is 10.5 Å². The summed E-state index contributed by atoms with van der Waals surface area (Å²) in [5.74, 6) is 0.0657. The number of morpholine rings is 1. The highest BCUT2D eigenvalue weighted by atomic mass is 32.2. The second kappa shape index (κ2) is 4.15. The van der Waals surface area contributed by atoms with Crippen molar-refractivity contribution >= 4 is 16.0 Å². The molecule has 7 nitrogen and oxygen atoms in total. The summed E-state index contributed by atoms with van der Waals surface area (Å²) in [6.07, 6.45) is 4.38. The number of hydrogen-bond donors (Lipinski definition) is 1. The fourth-order valence-electron chi connectivity index (χ4n) is 2.38. The molecule has 2 aliphatic rings. The SMILES string of the molecule is Nc1ncc(S(=O)(=O)N2CC3CCC(C2)O3)cn1. The molecule has 1 aromatic rings. The molecule has 0 aliphatic carbocycles. The van der Waals surface area contributed by atoms with E-state index < -0.39 is 10.0 Å². The predicted octanol–water partition coefficient (Wildman–Crippen LogP) is -0.389. The van der Waals surface area contributed by atoms with Crippen LogP contribution in [0.15, 0.2) is 17.3 Å². The van der Waals surface area contributed by atoms with Gasteiger partial charge in [-0.15, -0.1) is 0 Å². The molecule has 98 valence electrons. The summed E-state index contributed by atoms with van der Waals surface area (Å²) < 4.78 is 31.8. The summed E-state index contributed by atoms with van der Waals surface area (Å²) in [4.78, 5) is 7.53. The number of nitrogen functional groups attached to an aromatic ring is 1. The Morgan fingerprint density at radius 2 is 1.78 bits per heavy atom. The Morgan fingerprint density at radius 3 is 2.33 bits per heavy atom. The topological polar surface area (TPSA) is 98.4 Å². The lowest BCUT2D eigenvalue weighted by molar-refractivity contribution is -0.0114. The fraction of sp³-hybridized carbons (Fsp3) is 0.600. The Balaban J connectivity index is 1.88. The zero-order valence-electron chi connectivity index (χ0n) is 9.69. The van der Waals surface area contributed by atoms with E-state index in [9.17, 15) is 8.42 Å². The largest absolute Gasteiger partial charge is 0.372 e. The van der Waals surface area contributed by atoms with Gasteiger partial charge in [0.05, 0.1) is 24.6 Å². The van der Waals surface area contributed by atoms with Gasteiger partial charge in [-0.2, -0.15) is 4.31 Å². The number of aromatic nitrogens is 2. The molecule has 3 heterocycles. The van der Waals surface area contributed by atoms with Crippen LogP contribution in [0.4, 0.5) is 5.95 Å². The van der Waals surface area contributed by atoms with E-state index in [1.54, 1.807) is 0 Å². The fourth-order valence-corrected chi connectivity index (χ4v) is 3.78. The van der Waals surface area contributed by atoms with Crippen molar-refractivity contribution in [2.24, 2.45) is 0 Å². The van der Waals surface area contributed by atoms with E-state index in [1.807, 2.05) is 0 Å². The molecule has 18 heavy (non-hydrogen) atoms. The van der Waals surface area contributed by atoms with Gasteiger partial charge in [0.15, 0.2) is 0 Å². The highest BCUT2D eigenvalue weighted by Crippen LogP contribution is 2.29. The first-order valence-corrected chi connectivity index (χ1v) is 7.23. The van der Waals surface area contributed by atoms with Gasteiger partial charge in [-0.1, -0.05) is 0 Å². The number of anilines is 1. The Hall–Kier alpha value is -1.25. The van der Waals surface area contributed by atoms with Crippen molar-refractivity contribution in [1.29, 1.82) is 0 Å². The van der Waals surface area contributed by atoms with Crippen LogP contribution in [0.3, 0.4) is 0 Å². The molecule has 0 radical (unpaired) electrons. The van der Waals surface area contributed by atoms with Crippen LogP contribution in [0.25, 0.3) is 0 Å². The third-order valence-electron chi connectivity index (χ3n) is 3.30. The summed E-state index contributed by atoms with van der Waals surface area (Å²) in [5, 5.41) is 0. The third kappa shape index (κ3) is 1.96. The molecule has 2 unspecified atom stereocenters. The highest BCUT2D eigenvalue weighted by molar-refractivity contribution is 7.89. The van der Waals surface area contributed by atoms with Crippen molar-refractivity contribution < 1.29 is 13.2 Å². The summed E-state index contributed by atoms with van der Waals surface area (Å²) in [6, 6.07) is 0. The second-order valence-corrected chi connectivity index (χ2v) is 6.49. The van der Waals surface area contributed by atoms with Gasteiger partial charge in [0, 0.05) is 13.1 Å². The molecule has 2 N–H and O–H groups in total. The lowest BCUT2D eigenvalue weighted by Gasteiger charge is -2.30. The molecular weight excluding hydrogens is 256 g/mol. The van der Waals surface area contributed by atoms with Crippen LogP contribution in [0, 0.1) is 0 Å². The van der Waals surface area contributed by atoms with Gasteiger partial charge in [0.1, 0.15) is 4.90 Å². The van der Waals surface area contributed by atoms with Crippen molar-refractivity contribution in [3.05, 3.63) is 12.4 Å². The second-order valence-electron chi connectivity index (χ2n) is 4.56. The van der Waals surface area contributed by atoms with Crippen molar-refractivity contribution in [2.75, 3.05) is 18.8 Å². The Bertz CT molecular complexity index is 533. The van der Waals surface area contributed by atoms with Crippen molar-refractivity contribution in [1.82, 2.24) is 14.3 Å². The molecule has 2 bridgehead atoms. The van der Waals surface area contributed by atoms with Gasteiger partial charge in [-0.3, -0.25) is 0 Å². The molecular formula is C10H14N4O3S. The molecule has 0 aromatic carbocycles. The van der Waals surface area contributed by atoms with E-state index >= 15 is 0 Å². The third-order valence-corrected chi connectivity index (χ3v) is 5.08. The number of ether oxygens (including phenoxy) is 1. The average Bonchev–Trinajstić information content (AvgIpc) is 2.68. The van der Waals surface area contributed by atoms with E-state index in [0.717, 1.165) is 12.8 Å². The van der Waals surface area contributed by atoms with E-state index in [0.29, 0.717) is 13.1 Å². The molecule has 2 saturated heterocycles. The van der Waals surface area contributed by atoms with Crippen molar-refractivity contribution in [2.45, 2.75) is 29.9 Å². The number of sulfonamides is 1. The maximum absolute atomic E-state index is 12.4. The molecule has 0 saturated carbocycles. The number of hydrogen-bond acceptors (Lipinski definition) is 6. The summed E-state index contributed by atoms with van der Waals surface area (Å²) in [5.41, 5.74) is 5.35. The quantitative estimate of drug-likeness (QED) is 0.786. The Kier molecular flexibility index (Phi) is 2.72. The van der Waals surface area contributed by atoms with E-state index in [-0.39, 0.29) is 23.1 Å². The number of nitrogens with zero attached hydrogens (tertiary/aromatic N) is 3. The van der Waals surface area contributed by atoms with Crippen LogP contribution >= 0.6 is 0 Å². The minimum absolute atomic E-state index is 0.0215. The normalized spacial score (nSPS) is 28.4. The van der Waals surface area contributed by atoms with Crippen molar-refractivity contribution in [3.8, 4) is 0 Å². The van der Waals surface area contributed by atoms with E-state index in [1.165, 1.54) is 16.7 Å². The average molecular weight is 270 g/mol. The van der Waals surface area contributed by atoms with Crippen LogP contribution in [-0.2, 0) is 14.8 Å². The van der Waals surface area contributed by atoms with Crippen LogP contribution in [0.1, 0.15) is 12.8 Å². The maximum atomic E-state index is 12.4. The molecule has 2 atom stereocenters. The van der Waals surface area contributed by atoms with Gasteiger partial charge in [0.2, 0.25) is 16.0 Å². The predicted molar refractivity (Wildman–Crippen MR) is 63.1 cm³/mol. The summed E-state index contributed by atoms with van der Waals surface area (Å²) in [6.45, 7) is 0.812. The van der Waals surface area contributed by atoms with Gasteiger partial charge in [0.25, 0.3) is 0 Å². The standard InChI is InChI=1S/C10H14N4O3S/c11-10-12-3-9(4-13-10)18(15,16)14-5-7-1-2-8(6-14)17-7/h3-4,7-8H,1-2,5-6H2,(H2,11,12,13). The van der Waals surface area contributed by atoms with Gasteiger partial charge >= 0.3 is 0 Å². The summed E-state index contributed by atoms with van der Waals surface area (Å²) in [7, 11) is -3.53. The van der Waals surface area contributed by atoms with Gasteiger partial charge in [-0.05, 0) is 12.8 Å². The molecule has 2 fully saturated rings. The first-order valence-electron chi connectivity index (χ1n) is 5.79. The molecule has 0 amide bonds. The molecule has 2 aliphatic heterocycles. The molecule has 1 aromatic heterocycles. The monoisotopic (exact) mass is 270 g/mol. The van der Waals surface area contributed by atoms with Gasteiger partial charge in [-0.25, -0.2) is 18.4 Å². The zero-order chi connectivity index (χ0) is 12.8. The smallest absolute Gasteiger partial charge is 0.246 e. The molecule has 3 rings (SSSR count). The van der Waals surface area contributed by atoms with E-state index in [2.05, 4.69) is 9.97 Å². The van der Waals surface area contributed by atoms with Crippen LogP contribution < -0.4 is 5.73 Å². The van der Waals surface area contributed by atoms with Crippen LogP contribution in [-0.4, -0.2) is 48.0 Å². The Labute approximate surface area is 105 Å². The first-order chi connectivity index (χ1) is 8.55. The lowest BCUT2D eigenvalue weighted by atomic mass is 10.2. The number of fused-ring (bicyclic) bond motifs is 2. The zero-order valence-corrected chi connectivity index (χ0v) is 10.5. The highest BCUT2D eigenvalue weighted by Gasteiger charge is 2.39. The Morgan fingerprint density at radius 1 is 1.22 bits per heavy atom. The van der Waals surface area contributed by atoms with Crippen LogP contribution in [0.2, 0.25) is 0 Å². The number of rotatable bonds is 2. The molecule has 8 heteroatoms. The van der Waals surface area contributed by atoms with E-state index in [4.69, 9.17) is 10.5 Å². The lowest BCUT2D eigenvalue weighted by Crippen LogP contribution is -2.45. The summed E-state index contributed by atoms with van der Waals surface area (Å²) >= 11 is 0. The van der Waals surface area contributed by atoms with Crippen LogP contribution in [0.5, 0.6) is 0 Å². The molecule has 0 spiro atoms.